The van der Waals surface area contributed by atoms with Crippen molar-refractivity contribution in [3.05, 3.63) is 46.3 Å². The molecule has 0 saturated heterocycles. The largest absolute Gasteiger partial charge is 0.493 e. The lowest BCUT2D eigenvalue weighted by atomic mass is 10.1. The third-order valence-electron chi connectivity index (χ3n) is 2.40. The van der Waals surface area contributed by atoms with E-state index in [9.17, 15) is 14.3 Å². The molecule has 0 aliphatic carbocycles. The van der Waals surface area contributed by atoms with Gasteiger partial charge in [0.15, 0.2) is 0 Å². The Hall–Kier alpha value is -2.17. The first-order valence-corrected chi connectivity index (χ1v) is 5.20. The van der Waals surface area contributed by atoms with Crippen LogP contribution in [0.5, 0.6) is 5.88 Å². The second-order valence-corrected chi connectivity index (χ2v) is 3.58. The molecule has 1 aromatic carbocycles. The van der Waals surface area contributed by atoms with Crippen LogP contribution in [-0.4, -0.2) is 15.1 Å². The summed E-state index contributed by atoms with van der Waals surface area (Å²) >= 11 is 0. The predicted molar refractivity (Wildman–Crippen MR) is 61.3 cm³/mol. The number of hydrogen-bond acceptors (Lipinski definition) is 3. The van der Waals surface area contributed by atoms with Gasteiger partial charge in [-0.3, -0.25) is 4.79 Å². The molecular formula is C12H11FN2O2. The number of hydrogen-bond donors (Lipinski definition) is 2. The lowest BCUT2D eigenvalue weighted by Gasteiger charge is -2.04. The zero-order valence-electron chi connectivity index (χ0n) is 9.20. The number of nitrogens with one attached hydrogen (secondary N) is 1. The van der Waals surface area contributed by atoms with Crippen LogP contribution in [0.3, 0.4) is 0 Å². The van der Waals surface area contributed by atoms with Crippen molar-refractivity contribution in [3.8, 4) is 17.0 Å². The first kappa shape index (κ1) is 11.3. The molecule has 0 saturated carbocycles. The Labute approximate surface area is 96.8 Å². The van der Waals surface area contributed by atoms with Crippen LogP contribution >= 0.6 is 0 Å². The highest BCUT2D eigenvalue weighted by atomic mass is 19.1. The van der Waals surface area contributed by atoms with Gasteiger partial charge < -0.3 is 10.1 Å². The quantitative estimate of drug-likeness (QED) is 0.833. The van der Waals surface area contributed by atoms with Crippen molar-refractivity contribution in [1.29, 1.82) is 0 Å². The molecule has 0 aliphatic heterocycles. The maximum absolute atomic E-state index is 13.0. The van der Waals surface area contributed by atoms with Gasteiger partial charge in [-0.1, -0.05) is 19.1 Å². The maximum atomic E-state index is 13.0. The van der Waals surface area contributed by atoms with Crippen LogP contribution in [0.1, 0.15) is 12.7 Å². The van der Waals surface area contributed by atoms with E-state index < -0.39 is 11.4 Å². The summed E-state index contributed by atoms with van der Waals surface area (Å²) in [6.07, 6.45) is 0.506. The third kappa shape index (κ3) is 2.18. The SMILES string of the molecule is CCc1nc(O)c(-c2cccc(F)c2)c(=O)[nH]1. The van der Waals surface area contributed by atoms with Gasteiger partial charge in [-0.25, -0.2) is 4.39 Å². The van der Waals surface area contributed by atoms with E-state index >= 15 is 0 Å². The lowest BCUT2D eigenvalue weighted by molar-refractivity contribution is 0.450. The fraction of sp³-hybridized carbons (Fsp3) is 0.167. The summed E-state index contributed by atoms with van der Waals surface area (Å²) in [5.41, 5.74) is -0.180. The Morgan fingerprint density at radius 1 is 1.47 bits per heavy atom. The number of aryl methyl sites for hydroxylation is 1. The smallest absolute Gasteiger partial charge is 0.262 e. The minimum atomic E-state index is -0.472. The molecule has 0 spiro atoms. The van der Waals surface area contributed by atoms with Crippen LogP contribution in [0.4, 0.5) is 4.39 Å². The zero-order chi connectivity index (χ0) is 12.4. The van der Waals surface area contributed by atoms with Gasteiger partial charge in [0.2, 0.25) is 5.88 Å². The van der Waals surface area contributed by atoms with E-state index in [1.807, 2.05) is 0 Å². The van der Waals surface area contributed by atoms with Gasteiger partial charge in [-0.05, 0) is 17.7 Å². The van der Waals surface area contributed by atoms with Gasteiger partial charge in [0, 0.05) is 6.42 Å². The summed E-state index contributed by atoms with van der Waals surface area (Å²) in [4.78, 5) is 18.1. The van der Waals surface area contributed by atoms with Gasteiger partial charge in [-0.15, -0.1) is 0 Å². The molecule has 4 nitrogen and oxygen atoms in total. The summed E-state index contributed by atoms with van der Waals surface area (Å²) in [5, 5.41) is 9.69. The van der Waals surface area contributed by atoms with Crippen molar-refractivity contribution in [1.82, 2.24) is 9.97 Å². The van der Waals surface area contributed by atoms with Crippen molar-refractivity contribution in [2.75, 3.05) is 0 Å². The van der Waals surface area contributed by atoms with E-state index in [2.05, 4.69) is 9.97 Å². The molecule has 0 bridgehead atoms. The molecule has 0 amide bonds. The molecule has 1 heterocycles. The average molecular weight is 234 g/mol. The van der Waals surface area contributed by atoms with Crippen LogP contribution in [0.2, 0.25) is 0 Å². The first-order valence-electron chi connectivity index (χ1n) is 5.20. The molecule has 0 radical (unpaired) electrons. The highest BCUT2D eigenvalue weighted by molar-refractivity contribution is 5.67. The van der Waals surface area contributed by atoms with Crippen molar-refractivity contribution in [3.63, 3.8) is 0 Å². The van der Waals surface area contributed by atoms with E-state index in [4.69, 9.17) is 0 Å². The summed E-state index contributed by atoms with van der Waals surface area (Å²) in [6.45, 7) is 1.81. The summed E-state index contributed by atoms with van der Waals surface area (Å²) in [7, 11) is 0. The molecule has 0 fully saturated rings. The van der Waals surface area contributed by atoms with Crippen LogP contribution < -0.4 is 5.56 Å². The molecule has 2 rings (SSSR count). The van der Waals surface area contributed by atoms with Crippen molar-refractivity contribution >= 4 is 0 Å². The average Bonchev–Trinajstić information content (AvgIpc) is 2.28. The normalized spacial score (nSPS) is 10.5. The number of aromatic amines is 1. The third-order valence-corrected chi connectivity index (χ3v) is 2.40. The number of H-pyrrole nitrogens is 1. The Kier molecular flexibility index (Phi) is 2.91. The molecule has 0 aliphatic rings. The van der Waals surface area contributed by atoms with Crippen LogP contribution in [0.15, 0.2) is 29.1 Å². The van der Waals surface area contributed by atoms with Crippen molar-refractivity contribution in [2.24, 2.45) is 0 Å². The van der Waals surface area contributed by atoms with Gasteiger partial charge in [0.1, 0.15) is 17.2 Å². The Morgan fingerprint density at radius 3 is 2.82 bits per heavy atom. The molecule has 17 heavy (non-hydrogen) atoms. The highest BCUT2D eigenvalue weighted by Gasteiger charge is 2.12. The number of benzene rings is 1. The van der Waals surface area contributed by atoms with E-state index in [-0.39, 0.29) is 11.4 Å². The highest BCUT2D eigenvalue weighted by Crippen LogP contribution is 2.23. The first-order chi connectivity index (χ1) is 8.11. The molecule has 0 atom stereocenters. The fourth-order valence-corrected chi connectivity index (χ4v) is 1.58. The van der Waals surface area contributed by atoms with E-state index in [1.165, 1.54) is 18.2 Å². The molecule has 1 aromatic heterocycles. The minimum Gasteiger partial charge on any atom is -0.493 e. The summed E-state index contributed by atoms with van der Waals surface area (Å²) in [5.74, 6) is -0.454. The zero-order valence-corrected chi connectivity index (χ0v) is 9.20. The van der Waals surface area contributed by atoms with Crippen LogP contribution in [0, 0.1) is 5.82 Å². The summed E-state index contributed by atoms with van der Waals surface area (Å²) in [6, 6.07) is 5.46. The topological polar surface area (TPSA) is 66.0 Å². The Bertz CT molecular complexity index is 608. The van der Waals surface area contributed by atoms with Crippen molar-refractivity contribution < 1.29 is 9.50 Å². The molecular weight excluding hydrogens is 223 g/mol. The molecule has 0 unspecified atom stereocenters. The van der Waals surface area contributed by atoms with Gasteiger partial charge in [-0.2, -0.15) is 4.98 Å². The van der Waals surface area contributed by atoms with Crippen LogP contribution in [-0.2, 0) is 6.42 Å². The van der Waals surface area contributed by atoms with E-state index in [0.29, 0.717) is 17.8 Å². The van der Waals surface area contributed by atoms with Crippen LogP contribution in [0.25, 0.3) is 11.1 Å². The number of aromatic hydroxyl groups is 1. The van der Waals surface area contributed by atoms with Gasteiger partial charge in [0.25, 0.3) is 5.56 Å². The van der Waals surface area contributed by atoms with E-state index in [0.717, 1.165) is 0 Å². The second-order valence-electron chi connectivity index (χ2n) is 3.58. The number of nitrogens with zero attached hydrogens (tertiary/aromatic N) is 1. The monoisotopic (exact) mass is 234 g/mol. The standard InChI is InChI=1S/C12H11FN2O2/c1-2-9-14-11(16)10(12(17)15-9)7-4-3-5-8(13)6-7/h3-6H,2H2,1H3,(H2,14,15,16,17). The number of rotatable bonds is 2. The number of halogens is 1. The maximum Gasteiger partial charge on any atom is 0.262 e. The Morgan fingerprint density at radius 2 is 2.24 bits per heavy atom. The summed E-state index contributed by atoms with van der Waals surface area (Å²) < 4.78 is 13.0. The minimum absolute atomic E-state index is 0.0123. The molecule has 88 valence electrons. The number of aromatic nitrogens is 2. The predicted octanol–water partition coefficient (Wildman–Crippen LogP) is 1.84. The van der Waals surface area contributed by atoms with E-state index in [1.54, 1.807) is 13.0 Å². The fourth-order valence-electron chi connectivity index (χ4n) is 1.58. The molecule has 2 N–H and O–H groups in total. The Balaban J connectivity index is 2.64. The molecule has 2 aromatic rings. The van der Waals surface area contributed by atoms with Gasteiger partial charge >= 0.3 is 0 Å². The van der Waals surface area contributed by atoms with Crippen molar-refractivity contribution in [2.45, 2.75) is 13.3 Å². The van der Waals surface area contributed by atoms with Gasteiger partial charge in [0.05, 0.1) is 0 Å². The lowest BCUT2D eigenvalue weighted by Crippen LogP contribution is -2.13. The molecule has 5 heteroatoms. The second kappa shape index (κ2) is 4.37.